The van der Waals surface area contributed by atoms with Crippen LogP contribution in [0.15, 0.2) is 41.0 Å². The quantitative estimate of drug-likeness (QED) is 0.384. The largest absolute Gasteiger partial charge is 0.461 e. The first-order valence-corrected chi connectivity index (χ1v) is 11.9. The standard InChI is InChI=1S/C24H27F2N9O2/c1-14(2)19(21(36)34-9-7-33(8-10-34)13-15-5-6-16(25)12-17(15)26)28-23-30-22(27)35-24(31-23)29-20(32-35)18-4-3-11-37-18/h3-6,11-12,14,19H,7-10,13H2,1-2H3,(H3,27,28,29,30,31,32)/t19-/m0/s1. The Kier molecular flexibility index (Phi) is 6.70. The zero-order chi connectivity index (χ0) is 26.1. The normalized spacial score (nSPS) is 15.4. The summed E-state index contributed by atoms with van der Waals surface area (Å²) in [4.78, 5) is 30.2. The van der Waals surface area contributed by atoms with Crippen LogP contribution >= 0.6 is 0 Å². The molecule has 1 aliphatic rings. The molecule has 0 saturated carbocycles. The summed E-state index contributed by atoms with van der Waals surface area (Å²) < 4.78 is 33.9. The van der Waals surface area contributed by atoms with Gasteiger partial charge in [-0.05, 0) is 24.1 Å². The minimum Gasteiger partial charge on any atom is -0.461 e. The molecule has 3 N–H and O–H groups in total. The van der Waals surface area contributed by atoms with Gasteiger partial charge in [0.2, 0.25) is 23.6 Å². The predicted molar refractivity (Wildman–Crippen MR) is 131 cm³/mol. The third-order valence-electron chi connectivity index (χ3n) is 6.29. The monoisotopic (exact) mass is 511 g/mol. The van der Waals surface area contributed by atoms with E-state index in [9.17, 15) is 13.6 Å². The molecule has 37 heavy (non-hydrogen) atoms. The number of carbonyl (C=O) groups excluding carboxylic acids is 1. The Morgan fingerprint density at radius 1 is 1.14 bits per heavy atom. The number of hydrogen-bond acceptors (Lipinski definition) is 9. The summed E-state index contributed by atoms with van der Waals surface area (Å²) in [5.41, 5.74) is 6.51. The summed E-state index contributed by atoms with van der Waals surface area (Å²) in [5.74, 6) is -0.0976. The molecule has 4 aromatic rings. The summed E-state index contributed by atoms with van der Waals surface area (Å²) >= 11 is 0. The van der Waals surface area contributed by atoms with Gasteiger partial charge in [0.15, 0.2) is 5.76 Å². The Morgan fingerprint density at radius 3 is 2.59 bits per heavy atom. The maximum atomic E-state index is 14.0. The number of nitrogens with one attached hydrogen (secondary N) is 1. The van der Waals surface area contributed by atoms with E-state index in [1.54, 1.807) is 17.0 Å². The number of rotatable bonds is 7. The molecule has 5 rings (SSSR count). The number of nitrogen functional groups attached to an aromatic ring is 1. The van der Waals surface area contributed by atoms with Gasteiger partial charge in [-0.2, -0.15) is 19.5 Å². The molecule has 3 aromatic heterocycles. The lowest BCUT2D eigenvalue weighted by atomic mass is 10.0. The van der Waals surface area contributed by atoms with Crippen molar-refractivity contribution in [3.05, 3.63) is 53.8 Å². The molecular weight excluding hydrogens is 484 g/mol. The molecule has 1 amide bonds. The van der Waals surface area contributed by atoms with Crippen LogP contribution in [0.25, 0.3) is 17.4 Å². The van der Waals surface area contributed by atoms with Crippen LogP contribution in [0.3, 0.4) is 0 Å². The van der Waals surface area contributed by atoms with E-state index in [4.69, 9.17) is 10.2 Å². The van der Waals surface area contributed by atoms with E-state index in [0.717, 1.165) is 6.07 Å². The smallest absolute Gasteiger partial charge is 0.259 e. The van der Waals surface area contributed by atoms with Crippen LogP contribution in [0.1, 0.15) is 19.4 Å². The average molecular weight is 512 g/mol. The number of piperazine rings is 1. The second kappa shape index (κ2) is 10.1. The van der Waals surface area contributed by atoms with Crippen LogP contribution < -0.4 is 11.1 Å². The van der Waals surface area contributed by atoms with Crippen molar-refractivity contribution < 1.29 is 18.0 Å². The Hall–Kier alpha value is -4.13. The van der Waals surface area contributed by atoms with E-state index in [0.29, 0.717) is 49.9 Å². The first-order chi connectivity index (χ1) is 17.8. The van der Waals surface area contributed by atoms with Gasteiger partial charge in [-0.25, -0.2) is 8.78 Å². The van der Waals surface area contributed by atoms with Crippen LogP contribution in [-0.2, 0) is 11.3 Å². The zero-order valence-electron chi connectivity index (χ0n) is 20.4. The van der Waals surface area contributed by atoms with Gasteiger partial charge in [-0.15, -0.1) is 5.10 Å². The second-order valence-corrected chi connectivity index (χ2v) is 9.23. The number of hydrogen-bond donors (Lipinski definition) is 2. The van der Waals surface area contributed by atoms with E-state index >= 15 is 0 Å². The van der Waals surface area contributed by atoms with Crippen LogP contribution in [-0.4, -0.2) is 72.5 Å². The Balaban J connectivity index is 1.26. The Bertz CT molecular complexity index is 1400. The lowest BCUT2D eigenvalue weighted by molar-refractivity contribution is -0.134. The van der Waals surface area contributed by atoms with Gasteiger partial charge < -0.3 is 20.4 Å². The van der Waals surface area contributed by atoms with E-state index < -0.39 is 17.7 Å². The number of aromatic nitrogens is 5. The molecule has 0 spiro atoms. The molecule has 11 nitrogen and oxygen atoms in total. The van der Waals surface area contributed by atoms with Crippen molar-refractivity contribution in [3.8, 4) is 11.6 Å². The molecule has 1 saturated heterocycles. The number of nitrogens with zero attached hydrogens (tertiary/aromatic N) is 7. The topological polar surface area (TPSA) is 131 Å². The first kappa shape index (κ1) is 24.6. The molecule has 0 aliphatic carbocycles. The highest BCUT2D eigenvalue weighted by Crippen LogP contribution is 2.20. The van der Waals surface area contributed by atoms with Gasteiger partial charge >= 0.3 is 0 Å². The van der Waals surface area contributed by atoms with E-state index in [1.165, 1.54) is 22.9 Å². The summed E-state index contributed by atoms with van der Waals surface area (Å²) in [7, 11) is 0. The number of furan rings is 1. The first-order valence-electron chi connectivity index (χ1n) is 11.9. The fourth-order valence-electron chi connectivity index (χ4n) is 4.25. The van der Waals surface area contributed by atoms with E-state index in [2.05, 4.69) is 25.4 Å². The summed E-state index contributed by atoms with van der Waals surface area (Å²) in [6.45, 7) is 6.30. The number of anilines is 2. The highest BCUT2D eigenvalue weighted by atomic mass is 19.1. The number of amides is 1. The molecule has 0 radical (unpaired) electrons. The molecule has 1 aliphatic heterocycles. The lowest BCUT2D eigenvalue weighted by Crippen LogP contribution is -2.53. The van der Waals surface area contributed by atoms with Crippen molar-refractivity contribution in [2.75, 3.05) is 37.2 Å². The molecule has 1 aromatic carbocycles. The van der Waals surface area contributed by atoms with E-state index in [1.807, 2.05) is 18.7 Å². The van der Waals surface area contributed by atoms with Crippen molar-refractivity contribution in [2.45, 2.75) is 26.4 Å². The molecular formula is C24H27F2N9O2. The van der Waals surface area contributed by atoms with Crippen molar-refractivity contribution in [1.29, 1.82) is 0 Å². The molecule has 4 heterocycles. The van der Waals surface area contributed by atoms with E-state index in [-0.39, 0.29) is 29.5 Å². The van der Waals surface area contributed by atoms with Crippen LogP contribution in [0.4, 0.5) is 20.7 Å². The Morgan fingerprint density at radius 2 is 1.92 bits per heavy atom. The zero-order valence-corrected chi connectivity index (χ0v) is 20.4. The third kappa shape index (κ3) is 5.21. The van der Waals surface area contributed by atoms with Crippen molar-refractivity contribution in [2.24, 2.45) is 5.92 Å². The van der Waals surface area contributed by atoms with Crippen molar-refractivity contribution >= 4 is 23.6 Å². The van der Waals surface area contributed by atoms with Crippen LogP contribution in [0.2, 0.25) is 0 Å². The third-order valence-corrected chi connectivity index (χ3v) is 6.29. The maximum Gasteiger partial charge on any atom is 0.259 e. The minimum atomic E-state index is -0.601. The molecule has 194 valence electrons. The molecule has 1 atom stereocenters. The van der Waals surface area contributed by atoms with Crippen molar-refractivity contribution in [3.63, 3.8) is 0 Å². The number of benzene rings is 1. The maximum absolute atomic E-state index is 14.0. The van der Waals surface area contributed by atoms with Crippen molar-refractivity contribution in [1.82, 2.24) is 34.4 Å². The lowest BCUT2D eigenvalue weighted by Gasteiger charge is -2.37. The van der Waals surface area contributed by atoms with Gasteiger partial charge in [-0.3, -0.25) is 9.69 Å². The van der Waals surface area contributed by atoms with Gasteiger partial charge in [0.25, 0.3) is 5.78 Å². The predicted octanol–water partition coefficient (Wildman–Crippen LogP) is 2.42. The summed E-state index contributed by atoms with van der Waals surface area (Å²) in [6, 6.07) is 6.44. The number of halogens is 2. The van der Waals surface area contributed by atoms with Gasteiger partial charge in [0, 0.05) is 44.4 Å². The molecule has 13 heteroatoms. The highest BCUT2D eigenvalue weighted by molar-refractivity contribution is 5.84. The molecule has 0 unspecified atom stereocenters. The van der Waals surface area contributed by atoms with Crippen LogP contribution in [0, 0.1) is 17.6 Å². The molecule has 1 fully saturated rings. The highest BCUT2D eigenvalue weighted by Gasteiger charge is 2.30. The Labute approximate surface area is 211 Å². The minimum absolute atomic E-state index is 0.0643. The summed E-state index contributed by atoms with van der Waals surface area (Å²) in [6.07, 6.45) is 1.52. The number of carbonyl (C=O) groups is 1. The van der Waals surface area contributed by atoms with Crippen LogP contribution in [0.5, 0.6) is 0 Å². The fourth-order valence-corrected chi connectivity index (χ4v) is 4.25. The van der Waals surface area contributed by atoms with Gasteiger partial charge in [-0.1, -0.05) is 19.9 Å². The summed E-state index contributed by atoms with van der Waals surface area (Å²) in [5, 5.41) is 7.40. The van der Waals surface area contributed by atoms with Gasteiger partial charge in [0.1, 0.15) is 17.7 Å². The molecule has 0 bridgehead atoms. The second-order valence-electron chi connectivity index (χ2n) is 9.23. The SMILES string of the molecule is CC(C)[C@H](Nc1nc(N)n2nc(-c3ccco3)nc2n1)C(=O)N1CCN(Cc2ccc(F)cc2F)CC1. The number of fused-ring (bicyclic) bond motifs is 1. The average Bonchev–Trinajstić information content (AvgIpc) is 3.54. The van der Waals surface area contributed by atoms with Gasteiger partial charge in [0.05, 0.1) is 6.26 Å². The fraction of sp³-hybridized carbons (Fsp3) is 0.375. The number of nitrogens with two attached hydrogens (primary N) is 1.